The number of unbranched alkanes of at least 4 members (excludes halogenated alkanes) is 2. The lowest BCUT2D eigenvalue weighted by Crippen LogP contribution is -2.12. The van der Waals surface area contributed by atoms with Crippen molar-refractivity contribution in [1.29, 1.82) is 0 Å². The summed E-state index contributed by atoms with van der Waals surface area (Å²) in [4.78, 5) is 12.0. The molecule has 0 heterocycles. The van der Waals surface area contributed by atoms with Gasteiger partial charge in [0.15, 0.2) is 0 Å². The van der Waals surface area contributed by atoms with Gasteiger partial charge < -0.3 is 4.74 Å². The predicted octanol–water partition coefficient (Wildman–Crippen LogP) is 4.84. The monoisotopic (exact) mass is 339 g/mol. The molecule has 0 saturated carbocycles. The lowest BCUT2D eigenvalue weighted by atomic mass is 10.2. The van der Waals surface area contributed by atoms with Crippen molar-refractivity contribution in [1.82, 2.24) is 0 Å². The number of nitrogens with zero attached hydrogens (tertiary/aromatic N) is 1. The molecule has 0 amide bonds. The Labute approximate surface area is 150 Å². The van der Waals surface area contributed by atoms with Gasteiger partial charge in [-0.1, -0.05) is 38.0 Å². The number of hydrogen-bond donors (Lipinski definition) is 1. The molecule has 0 aliphatic carbocycles. The van der Waals surface area contributed by atoms with Crippen LogP contribution in [0, 0.1) is 0 Å². The van der Waals surface area contributed by atoms with Crippen LogP contribution in [0.15, 0.2) is 54.6 Å². The molecule has 132 valence electrons. The fourth-order valence-corrected chi connectivity index (χ4v) is 2.42. The van der Waals surface area contributed by atoms with Gasteiger partial charge in [0.25, 0.3) is 0 Å². The van der Waals surface area contributed by atoms with Crippen molar-refractivity contribution in [3.63, 3.8) is 0 Å². The summed E-state index contributed by atoms with van der Waals surface area (Å²) in [5.41, 5.74) is 2.64. The summed E-state index contributed by atoms with van der Waals surface area (Å²) in [6.07, 6.45) is 5.06. The highest BCUT2D eigenvalue weighted by atomic mass is 16.5. The van der Waals surface area contributed by atoms with Gasteiger partial charge in [-0.05, 0) is 49.7 Å². The lowest BCUT2D eigenvalue weighted by molar-refractivity contribution is -0.431. The highest BCUT2D eigenvalue weighted by molar-refractivity contribution is 5.90. The second-order valence-electron chi connectivity index (χ2n) is 5.82. The Hall–Kier alpha value is -2.62. The second kappa shape index (κ2) is 10.3. The largest absolute Gasteiger partial charge is 0.462 e. The molecule has 1 N–H and O–H groups in total. The first-order valence-corrected chi connectivity index (χ1v) is 8.93. The zero-order chi connectivity index (χ0) is 17.9. The van der Waals surface area contributed by atoms with E-state index in [4.69, 9.17) is 4.74 Å². The highest BCUT2D eigenvalue weighted by Gasteiger charge is 2.08. The summed E-state index contributed by atoms with van der Waals surface area (Å²) in [7, 11) is 0. The zero-order valence-corrected chi connectivity index (χ0v) is 15.1. The number of rotatable bonds is 9. The Morgan fingerprint density at radius 1 is 1.04 bits per heavy atom. The van der Waals surface area contributed by atoms with Crippen LogP contribution in [0.5, 0.6) is 0 Å². The third-order valence-corrected chi connectivity index (χ3v) is 3.92. The number of nitrogens with one attached hydrogen (secondary N) is 1. The molecule has 4 heteroatoms. The van der Waals surface area contributed by atoms with Crippen molar-refractivity contribution >= 4 is 23.7 Å². The average Bonchev–Trinajstić information content (AvgIpc) is 2.67. The van der Waals surface area contributed by atoms with Gasteiger partial charge in [0.05, 0.1) is 18.7 Å². The number of hydrogen-bond acceptors (Lipinski definition) is 2. The van der Waals surface area contributed by atoms with Crippen molar-refractivity contribution in [2.75, 3.05) is 18.5 Å². The molecular weight excluding hydrogens is 312 g/mol. The summed E-state index contributed by atoms with van der Waals surface area (Å²) >= 11 is 0. The molecule has 2 rings (SSSR count). The number of para-hydroxylation sites is 1. The minimum absolute atomic E-state index is 0.258. The minimum Gasteiger partial charge on any atom is -0.462 e. The van der Waals surface area contributed by atoms with Gasteiger partial charge in [0.2, 0.25) is 6.34 Å². The van der Waals surface area contributed by atoms with Crippen molar-refractivity contribution in [3.8, 4) is 0 Å². The van der Waals surface area contributed by atoms with Gasteiger partial charge in [0, 0.05) is 0 Å². The van der Waals surface area contributed by atoms with Crippen LogP contribution in [0.2, 0.25) is 0 Å². The fourth-order valence-electron chi connectivity index (χ4n) is 2.42. The normalized spacial score (nSPS) is 11.2. The number of carbonyl (C=O) groups is 1. The molecule has 0 fully saturated rings. The molecule has 0 atom stereocenters. The SMILES string of the molecule is CCCCCOC(=O)c1ccc(NC=[N+](CC)c2ccccc2)cc1. The number of ether oxygens (including phenoxy) is 1. The van der Waals surface area contributed by atoms with E-state index in [0.29, 0.717) is 12.2 Å². The van der Waals surface area contributed by atoms with Gasteiger partial charge in [-0.25, -0.2) is 14.7 Å². The number of carbonyl (C=O) groups excluding carboxylic acids is 1. The molecule has 25 heavy (non-hydrogen) atoms. The van der Waals surface area contributed by atoms with Crippen LogP contribution in [0.3, 0.4) is 0 Å². The molecule has 2 aromatic rings. The van der Waals surface area contributed by atoms with Crippen LogP contribution >= 0.6 is 0 Å². The fraction of sp³-hybridized carbons (Fsp3) is 0.333. The van der Waals surface area contributed by atoms with E-state index in [2.05, 4.69) is 35.9 Å². The maximum Gasteiger partial charge on any atom is 0.338 e. The molecule has 0 radical (unpaired) electrons. The molecule has 0 spiro atoms. The van der Waals surface area contributed by atoms with Crippen LogP contribution in [-0.4, -0.2) is 30.0 Å². The van der Waals surface area contributed by atoms with E-state index >= 15 is 0 Å². The van der Waals surface area contributed by atoms with Gasteiger partial charge in [-0.15, -0.1) is 0 Å². The number of esters is 1. The number of anilines is 1. The van der Waals surface area contributed by atoms with Crippen LogP contribution in [0.4, 0.5) is 11.4 Å². The van der Waals surface area contributed by atoms with Crippen LogP contribution < -0.4 is 5.32 Å². The van der Waals surface area contributed by atoms with Crippen molar-refractivity contribution in [2.45, 2.75) is 33.1 Å². The maximum atomic E-state index is 12.0. The van der Waals surface area contributed by atoms with Gasteiger partial charge in [-0.2, -0.15) is 0 Å². The van der Waals surface area contributed by atoms with E-state index in [9.17, 15) is 4.79 Å². The third kappa shape index (κ3) is 6.07. The lowest BCUT2D eigenvalue weighted by Gasteiger charge is -2.05. The predicted molar refractivity (Wildman–Crippen MR) is 103 cm³/mol. The molecule has 0 aromatic heterocycles. The third-order valence-electron chi connectivity index (χ3n) is 3.92. The minimum atomic E-state index is -0.258. The van der Waals surface area contributed by atoms with E-state index in [1.165, 1.54) is 0 Å². The summed E-state index contributed by atoms with van der Waals surface area (Å²) < 4.78 is 7.39. The van der Waals surface area contributed by atoms with E-state index in [1.54, 1.807) is 12.1 Å². The van der Waals surface area contributed by atoms with E-state index in [-0.39, 0.29) is 5.97 Å². The summed E-state index contributed by atoms with van der Waals surface area (Å²) in [6, 6.07) is 17.5. The molecular formula is C21H27N2O2+. The summed E-state index contributed by atoms with van der Waals surface area (Å²) in [5.74, 6) is -0.258. The van der Waals surface area contributed by atoms with E-state index in [1.807, 2.05) is 36.7 Å². The smallest absolute Gasteiger partial charge is 0.338 e. The van der Waals surface area contributed by atoms with Crippen molar-refractivity contribution in [3.05, 3.63) is 60.2 Å². The summed E-state index contributed by atoms with van der Waals surface area (Å²) in [5, 5.41) is 3.27. The molecule has 0 aliphatic rings. The topological polar surface area (TPSA) is 41.3 Å². The first kappa shape index (κ1) is 18.7. The Bertz CT molecular complexity index is 679. The van der Waals surface area contributed by atoms with Crippen LogP contribution in [0.1, 0.15) is 43.5 Å². The van der Waals surface area contributed by atoms with Gasteiger partial charge in [-0.3, -0.25) is 0 Å². The molecule has 0 unspecified atom stereocenters. The standard InChI is InChI=1S/C21H26N2O2/c1-3-5-9-16-25-21(24)18-12-14-19(15-13-18)22-17-23(4-2)20-10-7-6-8-11-20/h6-8,10-15,17H,3-5,9,16H2,1-2H3/p+1. The van der Waals surface area contributed by atoms with Crippen LogP contribution in [-0.2, 0) is 4.74 Å². The van der Waals surface area contributed by atoms with E-state index in [0.717, 1.165) is 37.2 Å². The van der Waals surface area contributed by atoms with Gasteiger partial charge >= 0.3 is 5.97 Å². The van der Waals surface area contributed by atoms with Gasteiger partial charge in [0.1, 0.15) is 11.4 Å². The average molecular weight is 339 g/mol. The molecule has 0 saturated heterocycles. The first-order chi connectivity index (χ1) is 12.2. The maximum absolute atomic E-state index is 12.0. The second-order valence-corrected chi connectivity index (χ2v) is 5.82. The van der Waals surface area contributed by atoms with E-state index < -0.39 is 0 Å². The zero-order valence-electron chi connectivity index (χ0n) is 15.1. The molecule has 2 aromatic carbocycles. The molecule has 4 nitrogen and oxygen atoms in total. The van der Waals surface area contributed by atoms with Crippen LogP contribution in [0.25, 0.3) is 0 Å². The summed E-state index contributed by atoms with van der Waals surface area (Å²) in [6.45, 7) is 5.58. The molecule has 0 bridgehead atoms. The van der Waals surface area contributed by atoms with Crippen molar-refractivity contribution < 1.29 is 14.1 Å². The Morgan fingerprint density at radius 2 is 1.76 bits per heavy atom. The Kier molecular flexibility index (Phi) is 7.70. The quantitative estimate of drug-likeness (QED) is 0.234. The highest BCUT2D eigenvalue weighted by Crippen LogP contribution is 2.12. The molecule has 0 aliphatic heterocycles. The Balaban J connectivity index is 1.93. The van der Waals surface area contributed by atoms with Crippen molar-refractivity contribution in [2.24, 2.45) is 0 Å². The number of benzene rings is 2. The Morgan fingerprint density at radius 3 is 2.40 bits per heavy atom. The first-order valence-electron chi connectivity index (χ1n) is 8.93.